The summed E-state index contributed by atoms with van der Waals surface area (Å²) in [6.07, 6.45) is 0.358. The molecule has 1 saturated heterocycles. The summed E-state index contributed by atoms with van der Waals surface area (Å²) in [5.41, 5.74) is 1.19. The normalized spacial score (nSPS) is 21.9. The third kappa shape index (κ3) is 5.85. The summed E-state index contributed by atoms with van der Waals surface area (Å²) in [7, 11) is -1.97. The van der Waals surface area contributed by atoms with Crippen LogP contribution in [0, 0.1) is 0 Å². The second-order valence-electron chi connectivity index (χ2n) is 7.67. The van der Waals surface area contributed by atoms with E-state index in [1.54, 1.807) is 12.0 Å². The molecule has 0 radical (unpaired) electrons. The summed E-state index contributed by atoms with van der Waals surface area (Å²) >= 11 is 3.50. The molecule has 0 N–H and O–H groups in total. The van der Waals surface area contributed by atoms with E-state index in [0.29, 0.717) is 6.54 Å². The second-order valence-corrected chi connectivity index (χ2v) is 10.2. The molecule has 168 valence electrons. The molecule has 9 heteroatoms. The van der Waals surface area contributed by atoms with E-state index in [0.717, 1.165) is 27.6 Å². The van der Waals surface area contributed by atoms with Crippen molar-refractivity contribution in [2.24, 2.45) is 0 Å². The molecular formula is C22H26BrNO6S. The van der Waals surface area contributed by atoms with Gasteiger partial charge in [0, 0.05) is 17.4 Å². The van der Waals surface area contributed by atoms with Crippen LogP contribution in [0.15, 0.2) is 53.0 Å². The third-order valence-electron chi connectivity index (χ3n) is 5.33. The Labute approximate surface area is 191 Å². The van der Waals surface area contributed by atoms with E-state index in [9.17, 15) is 13.2 Å². The average Bonchev–Trinajstić information content (AvgIpc) is 2.72. The van der Waals surface area contributed by atoms with Crippen LogP contribution in [0.25, 0.3) is 0 Å². The van der Waals surface area contributed by atoms with Gasteiger partial charge < -0.3 is 14.4 Å². The number of morpholine rings is 1. The molecule has 7 nitrogen and oxygen atoms in total. The van der Waals surface area contributed by atoms with Crippen LogP contribution in [-0.4, -0.2) is 51.9 Å². The van der Waals surface area contributed by atoms with Gasteiger partial charge in [-0.3, -0.25) is 8.98 Å². The number of ether oxygens (including phenoxy) is 2. The molecule has 0 aromatic heterocycles. The highest BCUT2D eigenvalue weighted by Gasteiger charge is 2.45. The summed E-state index contributed by atoms with van der Waals surface area (Å²) < 4.78 is 39.4. The summed E-state index contributed by atoms with van der Waals surface area (Å²) in [6.45, 7) is 2.51. The lowest BCUT2D eigenvalue weighted by Gasteiger charge is -2.47. The Kier molecular flexibility index (Phi) is 7.41. The number of amides is 1. The molecule has 2 unspecified atom stereocenters. The number of hydrogen-bond donors (Lipinski definition) is 0. The molecule has 1 fully saturated rings. The number of benzene rings is 2. The van der Waals surface area contributed by atoms with E-state index >= 15 is 0 Å². The van der Waals surface area contributed by atoms with Gasteiger partial charge >= 0.3 is 0 Å². The van der Waals surface area contributed by atoms with Crippen molar-refractivity contribution in [3.63, 3.8) is 0 Å². The molecule has 3 rings (SSSR count). The topological polar surface area (TPSA) is 82.1 Å². The van der Waals surface area contributed by atoms with Gasteiger partial charge in [-0.15, -0.1) is 0 Å². The van der Waals surface area contributed by atoms with Gasteiger partial charge in [0.25, 0.3) is 16.0 Å². The molecule has 0 saturated carbocycles. The summed E-state index contributed by atoms with van der Waals surface area (Å²) in [4.78, 5) is 15.2. The van der Waals surface area contributed by atoms with Crippen molar-refractivity contribution in [1.29, 1.82) is 0 Å². The van der Waals surface area contributed by atoms with Gasteiger partial charge in [-0.1, -0.05) is 40.2 Å². The van der Waals surface area contributed by atoms with E-state index in [-0.39, 0.29) is 25.5 Å². The van der Waals surface area contributed by atoms with Crippen LogP contribution in [0.2, 0.25) is 0 Å². The van der Waals surface area contributed by atoms with Gasteiger partial charge in [-0.05, 0) is 42.3 Å². The number of rotatable bonds is 8. The summed E-state index contributed by atoms with van der Waals surface area (Å²) in [6, 6.07) is 15.3. The Bertz CT molecular complexity index is 1030. The minimum Gasteiger partial charge on any atom is -0.497 e. The monoisotopic (exact) mass is 511 g/mol. The molecular weight excluding hydrogens is 486 g/mol. The van der Waals surface area contributed by atoms with Crippen LogP contribution >= 0.6 is 15.9 Å². The lowest BCUT2D eigenvalue weighted by Crippen LogP contribution is -2.58. The van der Waals surface area contributed by atoms with Crippen LogP contribution in [0.5, 0.6) is 5.75 Å². The fourth-order valence-electron chi connectivity index (χ4n) is 3.57. The second kappa shape index (κ2) is 9.68. The molecule has 0 aliphatic carbocycles. The maximum Gasteiger partial charge on any atom is 0.264 e. The quantitative estimate of drug-likeness (QED) is 0.504. The zero-order valence-electron chi connectivity index (χ0n) is 17.7. The van der Waals surface area contributed by atoms with Crippen molar-refractivity contribution in [2.45, 2.75) is 31.5 Å². The zero-order valence-corrected chi connectivity index (χ0v) is 20.1. The van der Waals surface area contributed by atoms with E-state index in [1.807, 2.05) is 55.5 Å². The van der Waals surface area contributed by atoms with E-state index in [4.69, 9.17) is 13.7 Å². The maximum absolute atomic E-state index is 13.4. The molecule has 0 spiro atoms. The smallest absolute Gasteiger partial charge is 0.264 e. The first kappa shape index (κ1) is 23.7. The van der Waals surface area contributed by atoms with Crippen LogP contribution in [0.4, 0.5) is 0 Å². The number of carbonyl (C=O) groups excluding carboxylic acids is 1. The number of halogens is 1. The van der Waals surface area contributed by atoms with Gasteiger partial charge in [-0.25, -0.2) is 0 Å². The van der Waals surface area contributed by atoms with Gasteiger partial charge in [-0.2, -0.15) is 8.42 Å². The van der Waals surface area contributed by atoms with Gasteiger partial charge in [0.05, 0.1) is 32.1 Å². The third-order valence-corrected chi connectivity index (χ3v) is 6.41. The van der Waals surface area contributed by atoms with Crippen molar-refractivity contribution in [2.75, 3.05) is 26.6 Å². The Morgan fingerprint density at radius 3 is 2.55 bits per heavy atom. The van der Waals surface area contributed by atoms with E-state index < -0.39 is 21.8 Å². The van der Waals surface area contributed by atoms with Crippen molar-refractivity contribution < 1.29 is 26.9 Å². The molecule has 1 heterocycles. The fourth-order valence-corrected chi connectivity index (χ4v) is 4.37. The van der Waals surface area contributed by atoms with Crippen molar-refractivity contribution >= 4 is 32.0 Å². The highest BCUT2D eigenvalue weighted by Crippen LogP contribution is 2.36. The first-order chi connectivity index (χ1) is 14.6. The summed E-state index contributed by atoms with van der Waals surface area (Å²) in [5.74, 6) is 0.532. The van der Waals surface area contributed by atoms with Crippen LogP contribution in [-0.2, 0) is 35.9 Å². The Morgan fingerprint density at radius 2 is 1.94 bits per heavy atom. The maximum atomic E-state index is 13.4. The standard InChI is InChI=1S/C22H26BrNO6S/c1-22(17-5-4-6-18(23)13-17)15-29-20(11-12-30-31(3,26)27)21(25)24(22)14-16-7-9-19(28-2)10-8-16/h4-10,13,20H,11-12,14-15H2,1-3H3. The van der Waals surface area contributed by atoms with Crippen molar-refractivity contribution in [3.8, 4) is 5.75 Å². The minimum absolute atomic E-state index is 0.112. The highest BCUT2D eigenvalue weighted by atomic mass is 79.9. The van der Waals surface area contributed by atoms with Gasteiger partial charge in [0.2, 0.25) is 0 Å². The zero-order chi connectivity index (χ0) is 22.6. The number of nitrogens with zero attached hydrogens (tertiary/aromatic N) is 1. The molecule has 2 atom stereocenters. The highest BCUT2D eigenvalue weighted by molar-refractivity contribution is 9.10. The number of carbonyl (C=O) groups is 1. The van der Waals surface area contributed by atoms with Crippen LogP contribution < -0.4 is 4.74 Å². The molecule has 1 aliphatic heterocycles. The van der Waals surface area contributed by atoms with Gasteiger partial charge in [0.1, 0.15) is 11.9 Å². The first-order valence-corrected chi connectivity index (χ1v) is 12.4. The largest absolute Gasteiger partial charge is 0.497 e. The van der Waals surface area contributed by atoms with Crippen LogP contribution in [0.3, 0.4) is 0 Å². The minimum atomic E-state index is -3.58. The first-order valence-electron chi connectivity index (χ1n) is 9.79. The Balaban J connectivity index is 1.88. The van der Waals surface area contributed by atoms with Crippen molar-refractivity contribution in [3.05, 3.63) is 64.1 Å². The Morgan fingerprint density at radius 1 is 1.23 bits per heavy atom. The molecule has 31 heavy (non-hydrogen) atoms. The molecule has 1 amide bonds. The SMILES string of the molecule is COc1ccc(CN2C(=O)C(CCOS(C)(=O)=O)OCC2(C)c2cccc(Br)c2)cc1. The number of methoxy groups -OCH3 is 1. The lowest BCUT2D eigenvalue weighted by molar-refractivity contribution is -0.173. The molecule has 2 aromatic rings. The Hall–Kier alpha value is -1.94. The van der Waals surface area contributed by atoms with E-state index in [2.05, 4.69) is 15.9 Å². The molecule has 0 bridgehead atoms. The summed E-state index contributed by atoms with van der Waals surface area (Å²) in [5, 5.41) is 0. The fraction of sp³-hybridized carbons (Fsp3) is 0.409. The molecule has 1 aliphatic rings. The average molecular weight is 512 g/mol. The molecule has 2 aromatic carbocycles. The van der Waals surface area contributed by atoms with Crippen LogP contribution in [0.1, 0.15) is 24.5 Å². The van der Waals surface area contributed by atoms with Crippen molar-refractivity contribution in [1.82, 2.24) is 4.90 Å². The predicted octanol–water partition coefficient (Wildman–Crippen LogP) is 3.47. The van der Waals surface area contributed by atoms with Gasteiger partial charge in [0.15, 0.2) is 0 Å². The number of hydrogen-bond acceptors (Lipinski definition) is 6. The van der Waals surface area contributed by atoms with E-state index in [1.165, 1.54) is 0 Å². The predicted molar refractivity (Wildman–Crippen MR) is 120 cm³/mol. The lowest BCUT2D eigenvalue weighted by atomic mass is 9.88.